The molecule has 1 amide bonds. The number of ether oxygens (including phenoxy) is 2. The van der Waals surface area contributed by atoms with Crippen LogP contribution in [0.5, 0.6) is 0 Å². The van der Waals surface area contributed by atoms with Crippen LogP contribution < -0.4 is 0 Å². The fraction of sp³-hybridized carbons (Fsp3) is 0.714. The normalized spacial score (nSPS) is 19.3. The standard InChI is InChI=1S/C14H23N3O3/c1-12-9-15-16(10-12)5-3-14(18)17-6-8-20-11-13(17)4-7-19-2/h9-10,13H,3-8,11H2,1-2H3. The van der Waals surface area contributed by atoms with Gasteiger partial charge in [0.15, 0.2) is 0 Å². The second-order valence-corrected chi connectivity index (χ2v) is 5.13. The van der Waals surface area contributed by atoms with Crippen LogP contribution in [0, 0.1) is 6.92 Å². The molecule has 0 radical (unpaired) electrons. The maximum atomic E-state index is 12.3. The number of morpholine rings is 1. The third-order valence-corrected chi connectivity index (χ3v) is 3.52. The van der Waals surface area contributed by atoms with Crippen molar-refractivity contribution >= 4 is 5.91 Å². The molecule has 112 valence electrons. The lowest BCUT2D eigenvalue weighted by molar-refractivity contribution is -0.140. The van der Waals surface area contributed by atoms with Gasteiger partial charge in [0, 0.05) is 39.4 Å². The van der Waals surface area contributed by atoms with Gasteiger partial charge in [0.2, 0.25) is 5.91 Å². The van der Waals surface area contributed by atoms with Crippen LogP contribution in [-0.4, -0.2) is 60.1 Å². The fourth-order valence-electron chi connectivity index (χ4n) is 2.42. The van der Waals surface area contributed by atoms with Crippen molar-refractivity contribution in [2.75, 3.05) is 33.5 Å². The van der Waals surface area contributed by atoms with Gasteiger partial charge in [-0.15, -0.1) is 0 Å². The highest BCUT2D eigenvalue weighted by molar-refractivity contribution is 5.76. The molecule has 0 saturated carbocycles. The lowest BCUT2D eigenvalue weighted by Crippen LogP contribution is -2.49. The largest absolute Gasteiger partial charge is 0.385 e. The van der Waals surface area contributed by atoms with Gasteiger partial charge < -0.3 is 14.4 Å². The Labute approximate surface area is 119 Å². The van der Waals surface area contributed by atoms with Crippen molar-refractivity contribution in [1.82, 2.24) is 14.7 Å². The maximum Gasteiger partial charge on any atom is 0.224 e. The number of methoxy groups -OCH3 is 1. The van der Waals surface area contributed by atoms with E-state index in [1.54, 1.807) is 13.3 Å². The van der Waals surface area contributed by atoms with E-state index in [0.717, 1.165) is 12.0 Å². The molecule has 1 aromatic rings. The third-order valence-electron chi connectivity index (χ3n) is 3.52. The van der Waals surface area contributed by atoms with Gasteiger partial charge >= 0.3 is 0 Å². The van der Waals surface area contributed by atoms with Gasteiger partial charge in [-0.1, -0.05) is 0 Å². The Hall–Kier alpha value is -1.40. The molecule has 2 rings (SSSR count). The number of hydrogen-bond acceptors (Lipinski definition) is 4. The van der Waals surface area contributed by atoms with E-state index < -0.39 is 0 Å². The van der Waals surface area contributed by atoms with Gasteiger partial charge in [-0.05, 0) is 18.9 Å². The zero-order valence-corrected chi connectivity index (χ0v) is 12.2. The van der Waals surface area contributed by atoms with Gasteiger partial charge in [0.1, 0.15) is 0 Å². The van der Waals surface area contributed by atoms with E-state index in [2.05, 4.69) is 5.10 Å². The van der Waals surface area contributed by atoms with Crippen molar-refractivity contribution in [3.8, 4) is 0 Å². The van der Waals surface area contributed by atoms with E-state index in [1.165, 1.54) is 0 Å². The molecule has 1 aliphatic heterocycles. The quantitative estimate of drug-likeness (QED) is 0.775. The molecule has 1 atom stereocenters. The summed E-state index contributed by atoms with van der Waals surface area (Å²) in [5, 5.41) is 4.20. The number of hydrogen-bond donors (Lipinski definition) is 0. The topological polar surface area (TPSA) is 56.6 Å². The van der Waals surface area contributed by atoms with Crippen LogP contribution >= 0.6 is 0 Å². The van der Waals surface area contributed by atoms with Gasteiger partial charge in [-0.2, -0.15) is 5.10 Å². The number of amides is 1. The Bertz CT molecular complexity index is 433. The molecule has 6 nitrogen and oxygen atoms in total. The highest BCUT2D eigenvalue weighted by Crippen LogP contribution is 2.12. The van der Waals surface area contributed by atoms with Crippen molar-refractivity contribution in [1.29, 1.82) is 0 Å². The van der Waals surface area contributed by atoms with E-state index in [1.807, 2.05) is 22.7 Å². The summed E-state index contributed by atoms with van der Waals surface area (Å²) in [7, 11) is 1.68. The molecule has 0 aliphatic carbocycles. The molecule has 1 aromatic heterocycles. The number of aromatic nitrogens is 2. The summed E-state index contributed by atoms with van der Waals surface area (Å²) in [6, 6.07) is 0.135. The summed E-state index contributed by atoms with van der Waals surface area (Å²) in [6.07, 6.45) is 5.06. The summed E-state index contributed by atoms with van der Waals surface area (Å²) in [5.74, 6) is 0.169. The van der Waals surface area contributed by atoms with E-state index >= 15 is 0 Å². The number of nitrogens with zero attached hydrogens (tertiary/aromatic N) is 3. The van der Waals surface area contributed by atoms with E-state index in [0.29, 0.717) is 39.3 Å². The summed E-state index contributed by atoms with van der Waals surface area (Å²) in [6.45, 7) is 5.17. The lowest BCUT2D eigenvalue weighted by Gasteiger charge is -2.35. The highest BCUT2D eigenvalue weighted by atomic mass is 16.5. The van der Waals surface area contributed by atoms with Gasteiger partial charge in [0.25, 0.3) is 0 Å². The average molecular weight is 281 g/mol. The maximum absolute atomic E-state index is 12.3. The second-order valence-electron chi connectivity index (χ2n) is 5.13. The zero-order chi connectivity index (χ0) is 14.4. The number of rotatable bonds is 6. The van der Waals surface area contributed by atoms with E-state index in [4.69, 9.17) is 9.47 Å². The minimum absolute atomic E-state index is 0.135. The predicted molar refractivity (Wildman–Crippen MR) is 74.4 cm³/mol. The average Bonchev–Trinajstić information content (AvgIpc) is 2.88. The molecular formula is C14H23N3O3. The molecule has 0 bridgehead atoms. The first-order valence-corrected chi connectivity index (χ1v) is 7.06. The molecule has 1 unspecified atom stereocenters. The van der Waals surface area contributed by atoms with Gasteiger partial charge in [-0.25, -0.2) is 0 Å². The van der Waals surface area contributed by atoms with Crippen LogP contribution in [0.25, 0.3) is 0 Å². The summed E-state index contributed by atoms with van der Waals surface area (Å²) < 4.78 is 12.4. The van der Waals surface area contributed by atoms with E-state index in [9.17, 15) is 4.79 Å². The number of carbonyl (C=O) groups excluding carboxylic acids is 1. The SMILES string of the molecule is COCCC1COCCN1C(=O)CCn1cc(C)cn1. The molecule has 1 saturated heterocycles. The van der Waals surface area contributed by atoms with Gasteiger partial charge in [-0.3, -0.25) is 9.48 Å². The van der Waals surface area contributed by atoms with Crippen LogP contribution in [0.15, 0.2) is 12.4 Å². The first-order chi connectivity index (χ1) is 9.70. The minimum atomic E-state index is 0.135. The Balaban J connectivity index is 1.85. The molecule has 1 fully saturated rings. The zero-order valence-electron chi connectivity index (χ0n) is 12.2. The second kappa shape index (κ2) is 7.40. The molecule has 0 spiro atoms. The summed E-state index contributed by atoms with van der Waals surface area (Å²) in [5.41, 5.74) is 1.11. The van der Waals surface area contributed by atoms with Crippen molar-refractivity contribution in [3.05, 3.63) is 18.0 Å². The molecule has 20 heavy (non-hydrogen) atoms. The molecular weight excluding hydrogens is 258 g/mol. The van der Waals surface area contributed by atoms with Crippen molar-refractivity contribution in [2.24, 2.45) is 0 Å². The van der Waals surface area contributed by atoms with Crippen molar-refractivity contribution < 1.29 is 14.3 Å². The van der Waals surface area contributed by atoms with E-state index in [-0.39, 0.29) is 11.9 Å². The Kier molecular flexibility index (Phi) is 5.55. The van der Waals surface area contributed by atoms with Crippen molar-refractivity contribution in [3.63, 3.8) is 0 Å². The summed E-state index contributed by atoms with van der Waals surface area (Å²) >= 11 is 0. The molecule has 0 N–H and O–H groups in total. The predicted octanol–water partition coefficient (Wildman–Crippen LogP) is 0.846. The minimum Gasteiger partial charge on any atom is -0.385 e. The fourth-order valence-corrected chi connectivity index (χ4v) is 2.42. The number of aryl methyl sites for hydroxylation is 2. The molecule has 6 heteroatoms. The van der Waals surface area contributed by atoms with Crippen LogP contribution in [0.4, 0.5) is 0 Å². The Morgan fingerprint density at radius 3 is 3.15 bits per heavy atom. The first-order valence-electron chi connectivity index (χ1n) is 7.06. The van der Waals surface area contributed by atoms with Gasteiger partial charge in [0.05, 0.1) is 25.5 Å². The molecule has 2 heterocycles. The molecule has 1 aliphatic rings. The third kappa shape index (κ3) is 4.05. The first kappa shape index (κ1) is 15.0. The monoisotopic (exact) mass is 281 g/mol. The Morgan fingerprint density at radius 2 is 2.45 bits per heavy atom. The smallest absolute Gasteiger partial charge is 0.224 e. The highest BCUT2D eigenvalue weighted by Gasteiger charge is 2.26. The van der Waals surface area contributed by atoms with Crippen LogP contribution in [0.2, 0.25) is 0 Å². The summed E-state index contributed by atoms with van der Waals surface area (Å²) in [4.78, 5) is 14.3. The van der Waals surface area contributed by atoms with Crippen molar-refractivity contribution in [2.45, 2.75) is 32.4 Å². The van der Waals surface area contributed by atoms with Crippen LogP contribution in [0.1, 0.15) is 18.4 Å². The number of carbonyl (C=O) groups is 1. The lowest BCUT2D eigenvalue weighted by atomic mass is 10.1. The molecule has 0 aromatic carbocycles. The Morgan fingerprint density at radius 1 is 1.60 bits per heavy atom. The van der Waals surface area contributed by atoms with Crippen LogP contribution in [-0.2, 0) is 20.8 Å². The van der Waals surface area contributed by atoms with Crippen LogP contribution in [0.3, 0.4) is 0 Å².